The van der Waals surface area contributed by atoms with Crippen molar-refractivity contribution in [1.82, 2.24) is 9.97 Å². The fourth-order valence-corrected chi connectivity index (χ4v) is 2.02. The lowest BCUT2D eigenvalue weighted by molar-refractivity contribution is 0.534. The summed E-state index contributed by atoms with van der Waals surface area (Å²) in [6.45, 7) is 11.1. The highest BCUT2D eigenvalue weighted by atomic mass is 14.6. The van der Waals surface area contributed by atoms with Crippen LogP contribution in [-0.4, -0.2) is 9.97 Å². The third-order valence-corrected chi connectivity index (χ3v) is 3.58. The summed E-state index contributed by atoms with van der Waals surface area (Å²) >= 11 is 0. The summed E-state index contributed by atoms with van der Waals surface area (Å²) < 4.78 is 0. The van der Waals surface area contributed by atoms with Crippen LogP contribution in [0.4, 0.5) is 0 Å². The van der Waals surface area contributed by atoms with Gasteiger partial charge in [0.1, 0.15) is 0 Å². The first-order valence-corrected chi connectivity index (χ1v) is 7.79. The van der Waals surface area contributed by atoms with Gasteiger partial charge < -0.3 is 0 Å². The summed E-state index contributed by atoms with van der Waals surface area (Å²) in [7, 11) is 0. The van der Waals surface area contributed by atoms with Gasteiger partial charge in [-0.1, -0.05) is 61.6 Å². The molecule has 0 aliphatic heterocycles. The zero-order chi connectivity index (χ0) is 15.7. The minimum Gasteiger partial charge on any atom is -0.264 e. The maximum Gasteiger partial charge on any atom is 0.0302 e. The van der Waals surface area contributed by atoms with Crippen molar-refractivity contribution in [3.63, 3.8) is 0 Å². The smallest absolute Gasteiger partial charge is 0.0302 e. The van der Waals surface area contributed by atoms with Gasteiger partial charge in [-0.15, -0.1) is 0 Å². The normalized spacial score (nSPS) is 10.9. The Morgan fingerprint density at radius 3 is 1.78 bits per heavy atom. The van der Waals surface area contributed by atoms with E-state index < -0.39 is 0 Å². The molecule has 0 saturated heterocycles. The molecule has 2 aromatic rings. The molecule has 0 bridgehead atoms. The van der Waals surface area contributed by atoms with Gasteiger partial charge in [-0.25, -0.2) is 0 Å². The van der Waals surface area contributed by atoms with Gasteiger partial charge in [0.25, 0.3) is 0 Å². The average Bonchev–Trinajstić information content (AvgIpc) is 2.48. The highest BCUT2D eigenvalue weighted by Gasteiger charge is 2.08. The standard InChI is InChI=1S/C10H15N.C9H13N.2CH4/c1-8(2)9(3)10-5-4-6-11-7-10;1-8(2)6-9-4-3-5-10-7-9;;/h4-9H,1-3H3;3-5,7-8H,6H2,1-2H3;2*1H4. The van der Waals surface area contributed by atoms with Crippen LogP contribution in [0.2, 0.25) is 0 Å². The molecule has 23 heavy (non-hydrogen) atoms. The van der Waals surface area contributed by atoms with Crippen molar-refractivity contribution in [3.8, 4) is 0 Å². The molecule has 0 aliphatic rings. The Bertz CT molecular complexity index is 478. The highest BCUT2D eigenvalue weighted by molar-refractivity contribution is 5.14. The van der Waals surface area contributed by atoms with Crippen LogP contribution in [0.15, 0.2) is 49.1 Å². The van der Waals surface area contributed by atoms with Gasteiger partial charge in [0.15, 0.2) is 0 Å². The van der Waals surface area contributed by atoms with Gasteiger partial charge in [-0.3, -0.25) is 9.97 Å². The molecule has 0 radical (unpaired) electrons. The zero-order valence-electron chi connectivity index (χ0n) is 14.0. The summed E-state index contributed by atoms with van der Waals surface area (Å²) in [4.78, 5) is 8.13. The predicted octanol–water partition coefficient (Wildman–Crippen LogP) is 6.39. The van der Waals surface area contributed by atoms with E-state index in [0.717, 1.165) is 12.3 Å². The molecule has 0 N–H and O–H groups in total. The number of rotatable bonds is 4. The predicted molar refractivity (Wildman–Crippen MR) is 104 cm³/mol. The van der Waals surface area contributed by atoms with E-state index in [-0.39, 0.29) is 14.9 Å². The van der Waals surface area contributed by atoms with E-state index in [2.05, 4.69) is 56.7 Å². The van der Waals surface area contributed by atoms with Crippen LogP contribution in [0.1, 0.15) is 66.5 Å². The van der Waals surface area contributed by atoms with Crippen molar-refractivity contribution in [1.29, 1.82) is 0 Å². The third-order valence-electron chi connectivity index (χ3n) is 3.58. The Hall–Kier alpha value is -1.70. The van der Waals surface area contributed by atoms with Gasteiger partial charge in [-0.05, 0) is 47.4 Å². The first kappa shape index (κ1) is 23.6. The molecule has 2 heterocycles. The van der Waals surface area contributed by atoms with Crippen molar-refractivity contribution >= 4 is 0 Å². The first-order valence-electron chi connectivity index (χ1n) is 7.79. The van der Waals surface area contributed by atoms with E-state index in [0.29, 0.717) is 11.8 Å². The van der Waals surface area contributed by atoms with Gasteiger partial charge in [0.2, 0.25) is 0 Å². The van der Waals surface area contributed by atoms with Crippen LogP contribution in [-0.2, 0) is 6.42 Å². The van der Waals surface area contributed by atoms with Gasteiger partial charge in [0, 0.05) is 24.8 Å². The van der Waals surface area contributed by atoms with Gasteiger partial charge >= 0.3 is 0 Å². The number of aromatic nitrogens is 2. The summed E-state index contributed by atoms with van der Waals surface area (Å²) in [6.07, 6.45) is 8.64. The van der Waals surface area contributed by atoms with Crippen molar-refractivity contribution in [2.75, 3.05) is 0 Å². The van der Waals surface area contributed by atoms with E-state index in [9.17, 15) is 0 Å². The first-order chi connectivity index (χ1) is 10.0. The minimum atomic E-state index is 0. The Balaban J connectivity index is 0. The van der Waals surface area contributed by atoms with Crippen molar-refractivity contribution in [2.45, 2.75) is 61.8 Å². The summed E-state index contributed by atoms with van der Waals surface area (Å²) in [5, 5.41) is 0. The number of nitrogens with zero attached hydrogens (tertiary/aromatic N) is 2. The largest absolute Gasteiger partial charge is 0.264 e. The molecular weight excluding hydrogens is 280 g/mol. The van der Waals surface area contributed by atoms with Gasteiger partial charge in [-0.2, -0.15) is 0 Å². The molecule has 0 saturated carbocycles. The maximum absolute atomic E-state index is 4.09. The average molecular weight is 317 g/mol. The monoisotopic (exact) mass is 316 g/mol. The van der Waals surface area contributed by atoms with Crippen LogP contribution in [0.5, 0.6) is 0 Å². The fraction of sp³-hybridized carbons (Fsp3) is 0.524. The van der Waals surface area contributed by atoms with E-state index in [4.69, 9.17) is 0 Å². The second kappa shape index (κ2) is 12.8. The Labute approximate surface area is 144 Å². The quantitative estimate of drug-likeness (QED) is 0.652. The molecule has 130 valence electrons. The lowest BCUT2D eigenvalue weighted by Gasteiger charge is -2.14. The van der Waals surface area contributed by atoms with E-state index in [1.807, 2.05) is 36.9 Å². The Morgan fingerprint density at radius 1 is 0.826 bits per heavy atom. The second-order valence-corrected chi connectivity index (χ2v) is 6.28. The molecule has 2 rings (SSSR count). The topological polar surface area (TPSA) is 25.8 Å². The Morgan fingerprint density at radius 2 is 1.39 bits per heavy atom. The number of hydrogen-bond donors (Lipinski definition) is 0. The van der Waals surface area contributed by atoms with Crippen LogP contribution >= 0.6 is 0 Å². The van der Waals surface area contributed by atoms with E-state index in [1.54, 1.807) is 0 Å². The van der Waals surface area contributed by atoms with Crippen LogP contribution in [0, 0.1) is 11.8 Å². The lowest BCUT2D eigenvalue weighted by atomic mass is 9.92. The lowest BCUT2D eigenvalue weighted by Crippen LogP contribution is -2.01. The molecule has 0 spiro atoms. The highest BCUT2D eigenvalue weighted by Crippen LogP contribution is 2.21. The zero-order valence-corrected chi connectivity index (χ0v) is 14.0. The van der Waals surface area contributed by atoms with Crippen LogP contribution < -0.4 is 0 Å². The van der Waals surface area contributed by atoms with Crippen LogP contribution in [0.25, 0.3) is 0 Å². The SMILES string of the molecule is C.C.CC(C)C(C)c1cccnc1.CC(C)Cc1cccnc1. The molecule has 0 aliphatic carbocycles. The summed E-state index contributed by atoms with van der Waals surface area (Å²) in [5.74, 6) is 2.03. The van der Waals surface area contributed by atoms with E-state index in [1.165, 1.54) is 11.1 Å². The molecular formula is C21H36N2. The molecule has 0 fully saturated rings. The van der Waals surface area contributed by atoms with Crippen molar-refractivity contribution in [2.24, 2.45) is 11.8 Å². The summed E-state index contributed by atoms with van der Waals surface area (Å²) in [5.41, 5.74) is 2.67. The van der Waals surface area contributed by atoms with Crippen molar-refractivity contribution in [3.05, 3.63) is 60.2 Å². The molecule has 2 aromatic heterocycles. The summed E-state index contributed by atoms with van der Waals surface area (Å²) in [6, 6.07) is 8.23. The second-order valence-electron chi connectivity index (χ2n) is 6.28. The molecule has 1 unspecified atom stereocenters. The molecule has 2 heteroatoms. The third kappa shape index (κ3) is 9.83. The molecule has 0 aromatic carbocycles. The number of hydrogen-bond acceptors (Lipinski definition) is 2. The van der Waals surface area contributed by atoms with Crippen LogP contribution in [0.3, 0.4) is 0 Å². The molecule has 2 nitrogen and oxygen atoms in total. The number of pyridine rings is 2. The van der Waals surface area contributed by atoms with Gasteiger partial charge in [0.05, 0.1) is 0 Å². The molecule has 1 atom stereocenters. The fourth-order valence-electron chi connectivity index (χ4n) is 2.02. The van der Waals surface area contributed by atoms with Crippen molar-refractivity contribution < 1.29 is 0 Å². The minimum absolute atomic E-state index is 0. The Kier molecular flexibility index (Phi) is 13.1. The molecule has 0 amide bonds. The maximum atomic E-state index is 4.09. The van der Waals surface area contributed by atoms with E-state index >= 15 is 0 Å².